The van der Waals surface area contributed by atoms with Gasteiger partial charge in [-0.05, 0) is 43.4 Å². The molecule has 0 saturated heterocycles. The SMILES string of the molecule is Cc1ccc2c(c1)=CC(=Cc1sc(=S)n(CC(=O)O)c1O)C(=O)N=2. The van der Waals surface area contributed by atoms with Gasteiger partial charge in [0.05, 0.1) is 10.2 Å². The third-order valence-corrected chi connectivity index (χ3v) is 4.82. The van der Waals surface area contributed by atoms with Gasteiger partial charge in [0.2, 0.25) is 5.88 Å². The minimum absolute atomic E-state index is 0.221. The molecule has 0 atom stereocenters. The summed E-state index contributed by atoms with van der Waals surface area (Å²) in [6.07, 6.45) is 3.17. The summed E-state index contributed by atoms with van der Waals surface area (Å²) in [4.78, 5) is 27.3. The Hall–Kier alpha value is -2.58. The molecule has 122 valence electrons. The molecular weight excluding hydrogens is 348 g/mol. The third-order valence-electron chi connectivity index (χ3n) is 3.44. The fraction of sp³-hybridized carbons (Fsp3) is 0.125. The number of carboxylic acids is 1. The van der Waals surface area contributed by atoms with Crippen molar-refractivity contribution in [1.29, 1.82) is 0 Å². The van der Waals surface area contributed by atoms with Gasteiger partial charge in [-0.15, -0.1) is 11.3 Å². The Bertz CT molecular complexity index is 1080. The number of nitrogens with zero attached hydrogens (tertiary/aromatic N) is 2. The molecule has 3 rings (SSSR count). The Morgan fingerprint density at radius 3 is 2.92 bits per heavy atom. The Balaban J connectivity index is 2.11. The van der Waals surface area contributed by atoms with Crippen molar-refractivity contribution >= 4 is 47.6 Å². The first-order valence-electron chi connectivity index (χ1n) is 6.92. The number of aryl methyl sites for hydroxylation is 1. The van der Waals surface area contributed by atoms with Gasteiger partial charge in [-0.3, -0.25) is 14.2 Å². The molecule has 1 aromatic carbocycles. The van der Waals surface area contributed by atoms with Crippen LogP contribution in [0.3, 0.4) is 0 Å². The number of hydrogen-bond donors (Lipinski definition) is 2. The number of benzene rings is 1. The molecule has 0 radical (unpaired) electrons. The zero-order chi connectivity index (χ0) is 17.4. The molecule has 2 N–H and O–H groups in total. The summed E-state index contributed by atoms with van der Waals surface area (Å²) in [5, 5.41) is 20.4. The number of carbonyl (C=O) groups excluding carboxylic acids is 1. The second kappa shape index (κ2) is 6.14. The highest BCUT2D eigenvalue weighted by Crippen LogP contribution is 2.29. The molecule has 8 heteroatoms. The lowest BCUT2D eigenvalue weighted by atomic mass is 10.1. The summed E-state index contributed by atoms with van der Waals surface area (Å²) in [6, 6.07) is 5.57. The van der Waals surface area contributed by atoms with Gasteiger partial charge in [0.15, 0.2) is 3.95 Å². The van der Waals surface area contributed by atoms with Gasteiger partial charge in [-0.25, -0.2) is 4.99 Å². The zero-order valence-electron chi connectivity index (χ0n) is 12.5. The van der Waals surface area contributed by atoms with E-state index in [0.717, 1.165) is 26.7 Å². The summed E-state index contributed by atoms with van der Waals surface area (Å²) in [7, 11) is 0. The highest BCUT2D eigenvalue weighted by atomic mass is 32.1. The number of aromatic nitrogens is 1. The maximum absolute atomic E-state index is 12.2. The van der Waals surface area contributed by atoms with E-state index in [1.165, 1.54) is 6.08 Å². The van der Waals surface area contributed by atoms with Crippen molar-refractivity contribution in [3.63, 3.8) is 0 Å². The Morgan fingerprint density at radius 2 is 2.21 bits per heavy atom. The Kier molecular flexibility index (Phi) is 4.16. The van der Waals surface area contributed by atoms with Gasteiger partial charge in [-0.2, -0.15) is 0 Å². The van der Waals surface area contributed by atoms with Crippen LogP contribution in [0.1, 0.15) is 10.4 Å². The molecule has 1 amide bonds. The quantitative estimate of drug-likeness (QED) is 0.638. The first-order valence-corrected chi connectivity index (χ1v) is 8.15. The van der Waals surface area contributed by atoms with E-state index >= 15 is 0 Å². The van der Waals surface area contributed by atoms with Crippen molar-refractivity contribution < 1.29 is 19.8 Å². The van der Waals surface area contributed by atoms with Gasteiger partial charge in [0.25, 0.3) is 5.91 Å². The summed E-state index contributed by atoms with van der Waals surface area (Å²) in [6.45, 7) is 1.51. The number of amides is 1. The molecule has 0 saturated carbocycles. The topological polar surface area (TPSA) is 91.9 Å². The van der Waals surface area contributed by atoms with Crippen LogP contribution in [0.5, 0.6) is 5.88 Å². The molecule has 2 heterocycles. The zero-order valence-corrected chi connectivity index (χ0v) is 14.1. The van der Waals surface area contributed by atoms with E-state index in [-0.39, 0.29) is 9.83 Å². The van der Waals surface area contributed by atoms with Crippen molar-refractivity contribution in [2.24, 2.45) is 4.99 Å². The lowest BCUT2D eigenvalue weighted by molar-refractivity contribution is -0.137. The molecule has 0 spiro atoms. The fourth-order valence-corrected chi connectivity index (χ4v) is 3.58. The molecular formula is C16H12N2O4S2. The van der Waals surface area contributed by atoms with Crippen LogP contribution in [0.2, 0.25) is 0 Å². The van der Waals surface area contributed by atoms with Gasteiger partial charge in [0.1, 0.15) is 6.54 Å². The number of hydrogen-bond acceptors (Lipinski definition) is 5. The number of carbonyl (C=O) groups is 2. The van der Waals surface area contributed by atoms with E-state index in [1.54, 1.807) is 12.1 Å². The van der Waals surface area contributed by atoms with Crippen molar-refractivity contribution in [2.75, 3.05) is 0 Å². The predicted molar refractivity (Wildman–Crippen MR) is 91.9 cm³/mol. The van der Waals surface area contributed by atoms with Crippen LogP contribution in [0, 0.1) is 10.9 Å². The molecule has 0 bridgehead atoms. The van der Waals surface area contributed by atoms with Crippen molar-refractivity contribution in [1.82, 2.24) is 4.57 Å². The summed E-state index contributed by atoms with van der Waals surface area (Å²) < 4.78 is 1.33. The average Bonchev–Trinajstić information content (AvgIpc) is 2.76. The summed E-state index contributed by atoms with van der Waals surface area (Å²) in [5.74, 6) is -1.80. The van der Waals surface area contributed by atoms with E-state index in [9.17, 15) is 14.7 Å². The minimum atomic E-state index is -1.11. The van der Waals surface area contributed by atoms with Crippen LogP contribution in [0.4, 0.5) is 0 Å². The average molecular weight is 360 g/mol. The van der Waals surface area contributed by atoms with Crippen molar-refractivity contribution in [2.45, 2.75) is 13.5 Å². The molecule has 2 aromatic rings. The normalized spacial score (nSPS) is 14.9. The number of thiazole rings is 1. The molecule has 0 aliphatic carbocycles. The molecule has 0 unspecified atom stereocenters. The van der Waals surface area contributed by atoms with Crippen LogP contribution >= 0.6 is 23.6 Å². The lowest BCUT2D eigenvalue weighted by Gasteiger charge is -2.04. The van der Waals surface area contributed by atoms with Crippen LogP contribution in [0.15, 0.2) is 28.8 Å². The second-order valence-electron chi connectivity index (χ2n) is 5.26. The first-order chi connectivity index (χ1) is 11.3. The van der Waals surface area contributed by atoms with E-state index in [1.807, 2.05) is 19.1 Å². The monoisotopic (exact) mass is 360 g/mol. The van der Waals surface area contributed by atoms with Gasteiger partial charge in [0, 0.05) is 10.8 Å². The van der Waals surface area contributed by atoms with Crippen LogP contribution in [-0.4, -0.2) is 26.7 Å². The largest absolute Gasteiger partial charge is 0.493 e. The van der Waals surface area contributed by atoms with E-state index in [2.05, 4.69) is 4.99 Å². The second-order valence-corrected chi connectivity index (χ2v) is 6.93. The predicted octanol–water partition coefficient (Wildman–Crippen LogP) is 1.40. The first kappa shape index (κ1) is 16.3. The van der Waals surface area contributed by atoms with Crippen LogP contribution in [0.25, 0.3) is 12.2 Å². The standard InChI is InChI=1S/C16H12N2O4S2/c1-8-2-3-11-9(4-8)5-10(14(21)17-11)6-12-15(22)18(7-13(19)20)16(23)24-12/h2-6,22H,7H2,1H3,(H,19,20). The van der Waals surface area contributed by atoms with E-state index < -0.39 is 18.4 Å². The molecule has 1 aliphatic heterocycles. The molecule has 24 heavy (non-hydrogen) atoms. The molecule has 1 aromatic heterocycles. The highest BCUT2D eigenvalue weighted by molar-refractivity contribution is 7.73. The maximum Gasteiger partial charge on any atom is 0.323 e. The van der Waals surface area contributed by atoms with Gasteiger partial charge in [-0.1, -0.05) is 11.6 Å². The smallest absolute Gasteiger partial charge is 0.323 e. The van der Waals surface area contributed by atoms with Gasteiger partial charge < -0.3 is 10.2 Å². The number of fused-ring (bicyclic) bond motifs is 1. The van der Waals surface area contributed by atoms with Crippen molar-refractivity contribution in [3.8, 4) is 5.88 Å². The number of rotatable bonds is 3. The molecule has 6 nitrogen and oxygen atoms in total. The molecule has 0 fully saturated rings. The Labute approximate surface area is 145 Å². The lowest BCUT2D eigenvalue weighted by Crippen LogP contribution is -2.30. The van der Waals surface area contributed by atoms with Crippen LogP contribution in [-0.2, 0) is 16.1 Å². The number of carboxylic acid groups (broad SMARTS) is 1. The summed E-state index contributed by atoms with van der Waals surface area (Å²) in [5.41, 5.74) is 1.35. The maximum atomic E-state index is 12.2. The van der Waals surface area contributed by atoms with Gasteiger partial charge >= 0.3 is 5.97 Å². The molecule has 1 aliphatic rings. The third kappa shape index (κ3) is 3.06. The van der Waals surface area contributed by atoms with Crippen molar-refractivity contribution in [3.05, 3.63) is 48.7 Å². The van der Waals surface area contributed by atoms with Crippen LogP contribution < -0.4 is 10.6 Å². The van der Waals surface area contributed by atoms with E-state index in [4.69, 9.17) is 17.3 Å². The van der Waals surface area contributed by atoms with E-state index in [0.29, 0.717) is 15.8 Å². The number of aromatic hydroxyl groups is 1. The highest BCUT2D eigenvalue weighted by Gasteiger charge is 2.16. The number of aliphatic carboxylic acids is 1. The minimum Gasteiger partial charge on any atom is -0.493 e. The Morgan fingerprint density at radius 1 is 1.46 bits per heavy atom. The summed E-state index contributed by atoms with van der Waals surface area (Å²) >= 11 is 6.10. The fourth-order valence-electron chi connectivity index (χ4n) is 2.32.